The van der Waals surface area contributed by atoms with Crippen molar-refractivity contribution in [1.29, 1.82) is 0 Å². The summed E-state index contributed by atoms with van der Waals surface area (Å²) in [5.74, 6) is 0. The summed E-state index contributed by atoms with van der Waals surface area (Å²) in [6.07, 6.45) is 0. The molecule has 0 rings (SSSR count). The van der Waals surface area contributed by atoms with Crippen molar-refractivity contribution in [2.75, 3.05) is 0 Å². The van der Waals surface area contributed by atoms with Crippen molar-refractivity contribution < 1.29 is 292 Å². The molecular formula is O12Sc4Si3Y4. The van der Waals surface area contributed by atoms with Crippen LogP contribution < -0.4 is 57.5 Å². The van der Waals surface area contributed by atoms with Crippen molar-refractivity contribution in [2.45, 2.75) is 0 Å². The fraction of sp³-hybridized carbons (Fsp3) is 0. The first-order chi connectivity index (χ1) is 6.00. The van der Waals surface area contributed by atoms with Crippen LogP contribution in [0.25, 0.3) is 0 Å². The Morgan fingerprint density at radius 2 is 0.261 bits per heavy atom. The third-order valence-electron chi connectivity index (χ3n) is 0. The van der Waals surface area contributed by atoms with Gasteiger partial charge < -0.3 is 84.7 Å². The number of hydrogen-bond acceptors (Lipinski definition) is 12. The molecule has 0 aromatic carbocycles. The maximum absolute atomic E-state index is 8.58. The minimum atomic E-state index is -5.61. The monoisotopic (exact) mass is 811 g/mol. The van der Waals surface area contributed by atoms with Crippen molar-refractivity contribution in [3.05, 3.63) is 0 Å². The summed E-state index contributed by atoms with van der Waals surface area (Å²) in [6.45, 7) is 0. The van der Waals surface area contributed by atoms with E-state index in [-0.39, 0.29) is 234 Å². The molecule has 0 heterocycles. The van der Waals surface area contributed by atoms with Gasteiger partial charge in [-0.2, -0.15) is 0 Å². The van der Waals surface area contributed by atoms with Crippen LogP contribution in [0.15, 0.2) is 0 Å². The second kappa shape index (κ2) is 37.4. The molecular weight excluding hydrogens is 812 g/mol. The topological polar surface area (TPSA) is 277 Å². The molecule has 4 radical (unpaired) electrons. The minimum Gasteiger partial charge on any atom is -0.894 e. The molecule has 0 saturated heterocycles. The standard InChI is InChI=1S/3O4Si.4Sc.4Y/c3*1-5(2,3)4;;;;;;;;/q3*-4;;;;;4*+3. The van der Waals surface area contributed by atoms with E-state index in [0.717, 1.165) is 0 Å². The van der Waals surface area contributed by atoms with Crippen LogP contribution in [0.5, 0.6) is 0 Å². The van der Waals surface area contributed by atoms with Gasteiger partial charge in [0.15, 0.2) is 0 Å². The third-order valence-corrected chi connectivity index (χ3v) is 0. The van der Waals surface area contributed by atoms with Crippen LogP contribution in [-0.2, 0) is 234 Å². The van der Waals surface area contributed by atoms with Crippen molar-refractivity contribution in [2.24, 2.45) is 0 Å². The first kappa shape index (κ1) is 69.7. The molecule has 12 nitrogen and oxygen atoms in total. The van der Waals surface area contributed by atoms with Gasteiger partial charge in [0.25, 0.3) is 0 Å². The Morgan fingerprint density at radius 3 is 0.261 bits per heavy atom. The van der Waals surface area contributed by atoms with Crippen LogP contribution in [-0.4, -0.2) is 27.1 Å². The van der Waals surface area contributed by atoms with E-state index in [0.29, 0.717) is 0 Å². The van der Waals surface area contributed by atoms with Crippen LogP contribution in [0.4, 0.5) is 0 Å². The molecule has 0 aliphatic carbocycles. The van der Waals surface area contributed by atoms with Gasteiger partial charge in [-0.25, -0.2) is 0 Å². The predicted octanol–water partition coefficient (Wildman–Crippen LogP) is -15.4. The zero-order valence-corrected chi connectivity index (χ0v) is 32.6. The van der Waals surface area contributed by atoms with Gasteiger partial charge in [-0.15, -0.1) is 0 Å². The van der Waals surface area contributed by atoms with E-state index >= 15 is 0 Å². The normalized spacial score (nSPS) is 7.83. The van der Waals surface area contributed by atoms with E-state index in [1.165, 1.54) is 0 Å². The zero-order chi connectivity index (χ0) is 13.5. The number of hydrogen-bond donors (Lipinski definition) is 0. The first-order valence-corrected chi connectivity index (χ1v) is 7.35. The maximum atomic E-state index is 8.58. The van der Waals surface area contributed by atoms with Crippen LogP contribution in [0, 0.1) is 0 Å². The Labute approximate surface area is 311 Å². The van der Waals surface area contributed by atoms with Crippen LogP contribution in [0.3, 0.4) is 0 Å². The van der Waals surface area contributed by atoms with Crippen LogP contribution in [0.1, 0.15) is 0 Å². The van der Waals surface area contributed by atoms with Gasteiger partial charge >= 0.3 is 131 Å². The SMILES string of the molecule is [O-][Si]([O-])([O-])[O-].[O-][Si]([O-])([O-])[O-].[O-][Si]([O-])([O-])[O-].[Sc].[Sc].[Sc].[Sc].[Y+3].[Y+3].[Y+3].[Y+3]. The molecule has 0 amide bonds. The van der Waals surface area contributed by atoms with Gasteiger partial charge in [0.05, 0.1) is 0 Å². The quantitative estimate of drug-likeness (QED) is 0.206. The summed E-state index contributed by atoms with van der Waals surface area (Å²) in [6, 6.07) is 0. The molecule has 0 bridgehead atoms. The summed E-state index contributed by atoms with van der Waals surface area (Å²) in [5, 5.41) is 0. The van der Waals surface area contributed by atoms with Gasteiger partial charge in [-0.1, -0.05) is 0 Å². The Morgan fingerprint density at radius 1 is 0.261 bits per heavy atom. The van der Waals surface area contributed by atoms with E-state index in [1.807, 2.05) is 0 Å². The molecule has 0 spiro atoms. The summed E-state index contributed by atoms with van der Waals surface area (Å²) < 4.78 is 0. The second-order valence-corrected chi connectivity index (χ2v) is 4.50. The van der Waals surface area contributed by atoms with Gasteiger partial charge in [-0.05, 0) is 0 Å². The molecule has 0 aliphatic rings. The van der Waals surface area contributed by atoms with Gasteiger partial charge in [0.1, 0.15) is 0 Å². The van der Waals surface area contributed by atoms with Gasteiger partial charge in [-0.3, -0.25) is 0 Å². The fourth-order valence-electron chi connectivity index (χ4n) is 0. The van der Waals surface area contributed by atoms with Crippen LogP contribution in [0.2, 0.25) is 0 Å². The zero-order valence-electron chi connectivity index (χ0n) is 11.0. The minimum absolute atomic E-state index is 0. The average molecular weight is 812 g/mol. The van der Waals surface area contributed by atoms with Crippen LogP contribution >= 0.6 is 0 Å². The largest absolute Gasteiger partial charge is 3.00 e. The Kier molecular flexibility index (Phi) is 113. The molecule has 0 aromatic rings. The first-order valence-electron chi connectivity index (χ1n) is 2.45. The van der Waals surface area contributed by atoms with E-state index in [1.54, 1.807) is 0 Å². The fourth-order valence-corrected chi connectivity index (χ4v) is 0. The van der Waals surface area contributed by atoms with Crippen molar-refractivity contribution in [1.82, 2.24) is 0 Å². The molecule has 0 aromatic heterocycles. The predicted molar refractivity (Wildman–Crippen MR) is 17.3 cm³/mol. The van der Waals surface area contributed by atoms with Gasteiger partial charge in [0.2, 0.25) is 0 Å². The van der Waals surface area contributed by atoms with E-state index in [4.69, 9.17) is 57.5 Å². The van der Waals surface area contributed by atoms with E-state index < -0.39 is 27.1 Å². The summed E-state index contributed by atoms with van der Waals surface area (Å²) in [5.41, 5.74) is 0. The molecule has 23 heteroatoms. The van der Waals surface area contributed by atoms with Crippen molar-refractivity contribution in [3.8, 4) is 0 Å². The summed E-state index contributed by atoms with van der Waals surface area (Å²) in [7, 11) is -16.8. The molecule has 0 unspecified atom stereocenters. The Hall–Kier alpha value is 8.07. The van der Waals surface area contributed by atoms with E-state index in [2.05, 4.69) is 0 Å². The summed E-state index contributed by atoms with van der Waals surface area (Å²) in [4.78, 5) is 103. The van der Waals surface area contributed by atoms with E-state index in [9.17, 15) is 0 Å². The maximum Gasteiger partial charge on any atom is 3.00 e. The van der Waals surface area contributed by atoms with Gasteiger partial charge in [0, 0.05) is 103 Å². The third kappa shape index (κ3) is 364. The smallest absolute Gasteiger partial charge is 0.894 e. The Bertz CT molecular complexity index is 115. The van der Waals surface area contributed by atoms with Crippen molar-refractivity contribution in [3.63, 3.8) is 0 Å². The Balaban J connectivity index is -0.00000000889. The second-order valence-electron chi connectivity index (χ2n) is 1.50. The molecule has 0 fully saturated rings. The summed E-state index contributed by atoms with van der Waals surface area (Å²) >= 11 is 0. The molecule has 0 N–H and O–H groups in total. The molecule has 108 valence electrons. The molecule has 0 saturated carbocycles. The van der Waals surface area contributed by atoms with Crippen molar-refractivity contribution >= 4 is 27.1 Å². The molecule has 0 aliphatic heterocycles. The molecule has 23 heavy (non-hydrogen) atoms. The molecule has 0 atom stereocenters. The number of rotatable bonds is 0. The average Bonchev–Trinajstić information content (AvgIpc) is 1.41.